The molecule has 2 N–H and O–H groups in total. The molecule has 6 heterocycles. The molecule has 6 saturated carbocycles. The lowest BCUT2D eigenvalue weighted by Crippen LogP contribution is -2.38. The van der Waals surface area contributed by atoms with Crippen LogP contribution in [0.1, 0.15) is 218 Å². The molecule has 18 rings (SSSR count). The molecule has 6 bridgehead atoms. The number of halogens is 4. The van der Waals surface area contributed by atoms with Crippen molar-refractivity contribution in [3.05, 3.63) is 214 Å². The van der Waals surface area contributed by atoms with Crippen LogP contribution < -0.4 is 15.1 Å². The molecular weight excluding hydrogens is 1530 g/mol. The molecule has 9 fully saturated rings. The number of ether oxygens (including phenoxy) is 5. The molecule has 0 radical (unpaired) electrons. The molecule has 9 atom stereocenters. The predicted octanol–water partition coefficient (Wildman–Crippen LogP) is 21.2. The van der Waals surface area contributed by atoms with Gasteiger partial charge in [-0.1, -0.05) is 103 Å². The van der Waals surface area contributed by atoms with Crippen molar-refractivity contribution in [2.24, 2.45) is 17.8 Å². The van der Waals surface area contributed by atoms with Crippen LogP contribution in [-0.2, 0) is 43.5 Å². The minimum atomic E-state index is -0.895. The van der Waals surface area contributed by atoms with Crippen LogP contribution in [-0.4, -0.2) is 106 Å². The molecule has 22 heteroatoms. The number of anilines is 2. The number of carboxylic acid groups (broad SMARTS) is 1. The first-order valence-electron chi connectivity index (χ1n) is 39.2. The summed E-state index contributed by atoms with van der Waals surface area (Å²) in [7, 11) is 0. The molecule has 3 saturated heterocycles. The van der Waals surface area contributed by atoms with Gasteiger partial charge < -0.3 is 57.5 Å². The number of aromatic nitrogens is 3. The summed E-state index contributed by atoms with van der Waals surface area (Å²) in [6.45, 7) is 21.9. The van der Waals surface area contributed by atoms with Gasteiger partial charge in [0.1, 0.15) is 45.6 Å². The quantitative estimate of drug-likeness (QED) is 0.0679. The maximum Gasteiger partial charge on any atom is 0.338 e. The van der Waals surface area contributed by atoms with Gasteiger partial charge in [0.05, 0.1) is 69.9 Å². The van der Waals surface area contributed by atoms with Crippen molar-refractivity contribution in [3.8, 4) is 33.8 Å². The van der Waals surface area contributed by atoms with Gasteiger partial charge in [-0.25, -0.2) is 14.4 Å². The van der Waals surface area contributed by atoms with E-state index in [0.717, 1.165) is 183 Å². The molecule has 3 aliphatic heterocycles. The number of benzene rings is 6. The summed E-state index contributed by atoms with van der Waals surface area (Å²) < 4.78 is 48.6. The minimum Gasteiger partial charge on any atom is -0.478 e. The van der Waals surface area contributed by atoms with Crippen LogP contribution in [0.25, 0.3) is 33.8 Å². The first-order chi connectivity index (χ1) is 53.3. The van der Waals surface area contributed by atoms with Gasteiger partial charge in [0, 0.05) is 117 Å². The number of carbonyl (C=O) groups excluding carboxylic acids is 2. The lowest BCUT2D eigenvalue weighted by Gasteiger charge is -2.33. The Hall–Kier alpha value is -7.85. The predicted molar refractivity (Wildman–Crippen MR) is 433 cm³/mol. The van der Waals surface area contributed by atoms with E-state index >= 15 is 0 Å². The summed E-state index contributed by atoms with van der Waals surface area (Å²) in [6.07, 6.45) is 14.2. The number of nitrogens with zero attached hydrogens (tertiary/aromatic N) is 5. The van der Waals surface area contributed by atoms with Crippen molar-refractivity contribution >= 4 is 80.0 Å². The Bertz CT molecular complexity index is 4780. The average Bonchev–Trinajstić information content (AvgIpc) is 1.65. The number of aromatic carboxylic acids is 1. The molecule has 0 unspecified atom stereocenters. The Morgan fingerprint density at radius 2 is 0.829 bits per heavy atom. The smallest absolute Gasteiger partial charge is 0.338 e. The lowest BCUT2D eigenvalue weighted by atomic mass is 10.00. The number of carboxylic acids is 1. The molecule has 9 aromatic rings. The van der Waals surface area contributed by atoms with Crippen LogP contribution in [0.3, 0.4) is 0 Å². The maximum absolute atomic E-state index is 12.4. The number of nitrogens with one attached hydrogen (secondary N) is 1. The highest BCUT2D eigenvalue weighted by Crippen LogP contribution is 2.51. The van der Waals surface area contributed by atoms with Crippen molar-refractivity contribution in [1.82, 2.24) is 20.8 Å². The third kappa shape index (κ3) is 18.1. The summed E-state index contributed by atoms with van der Waals surface area (Å²) in [4.78, 5) is 39.9. The molecule has 3 aromatic heterocycles. The van der Waals surface area contributed by atoms with Gasteiger partial charge in [-0.15, -0.1) is 0 Å². The van der Waals surface area contributed by atoms with Crippen molar-refractivity contribution in [2.45, 2.75) is 225 Å². The lowest BCUT2D eigenvalue weighted by molar-refractivity contribution is 0.00570. The number of rotatable bonds is 20. The van der Waals surface area contributed by atoms with Crippen molar-refractivity contribution in [1.29, 1.82) is 0 Å². The standard InChI is InChI=1S/C31H35ClN2O4.C27H27ClN2O4.C20H23ClN2O2.C11H13BrO2/c1-18-6-5-7-25(32)27(18)28-24(29(38-33-28)19-8-9-19)17-36-26-15-23-14-21(26)16-34(23)22-12-10-20(11-13-22)30(35)37-31(2,3)4;1-15-3-2-4-22(28)24(15)25-21(26(34-29-25)16-5-6-16)14-33-23-12-20-11-18(23)13-30(20)19-9-7-17(8-10-19)27(31)32;1-11-3-2-4-16(21)18(11)19-15(20(25-23-19)12-5-6-12)10-24-17-8-14-7-13(17)9-22-14;1-11(2,3)14-10(13)8-4-6-9(12)7-5-8/h5-7,10-13,19,21,23,26H,8-9,14-17H2,1-4H3;2-4,7-10,16,18,20,23H,5-6,11-14H2,1H3,(H,31,32);2-4,12-14,17,22H,5-10H2,1H3;4-7H,1-3H3/t21-,23-,26+;18-,20-,23+;13-,14-,17+;/m000./s1. The van der Waals surface area contributed by atoms with Gasteiger partial charge in [-0.3, -0.25) is 0 Å². The summed E-state index contributed by atoms with van der Waals surface area (Å²) in [5, 5.41) is 28.1. The molecule has 9 aliphatic rings. The highest BCUT2D eigenvalue weighted by molar-refractivity contribution is 9.10. The van der Waals surface area contributed by atoms with Gasteiger partial charge in [0.25, 0.3) is 0 Å². The summed E-state index contributed by atoms with van der Waals surface area (Å²) in [6, 6.07) is 41.4. The van der Waals surface area contributed by atoms with Crippen LogP contribution in [0.4, 0.5) is 11.4 Å². The Labute approximate surface area is 673 Å². The first-order valence-corrected chi connectivity index (χ1v) is 41.2. The summed E-state index contributed by atoms with van der Waals surface area (Å²) in [5.41, 5.74) is 14.6. The molecule has 111 heavy (non-hydrogen) atoms. The topological polar surface area (TPSA) is 214 Å². The van der Waals surface area contributed by atoms with Crippen LogP contribution in [0.5, 0.6) is 0 Å². The maximum atomic E-state index is 12.4. The normalized spacial score (nSPS) is 22.7. The van der Waals surface area contributed by atoms with E-state index in [4.69, 9.17) is 77.2 Å². The Kier molecular flexibility index (Phi) is 23.3. The molecule has 0 spiro atoms. The largest absolute Gasteiger partial charge is 0.478 e. The van der Waals surface area contributed by atoms with Crippen molar-refractivity contribution < 1.29 is 56.7 Å². The fourth-order valence-corrected chi connectivity index (χ4v) is 18.2. The number of aryl methyl sites for hydroxylation is 3. The zero-order chi connectivity index (χ0) is 77.7. The Morgan fingerprint density at radius 3 is 1.13 bits per heavy atom. The van der Waals surface area contributed by atoms with Crippen LogP contribution in [0.15, 0.2) is 145 Å². The molecule has 6 aromatic carbocycles. The van der Waals surface area contributed by atoms with Crippen LogP contribution in [0, 0.1) is 38.5 Å². The van der Waals surface area contributed by atoms with Crippen LogP contribution in [0.2, 0.25) is 15.1 Å². The number of hydrogen-bond donors (Lipinski definition) is 2. The second kappa shape index (κ2) is 32.9. The minimum absolute atomic E-state index is 0.196. The number of piperidine rings is 3. The fourth-order valence-electron chi connectivity index (χ4n) is 17.0. The van der Waals surface area contributed by atoms with E-state index < -0.39 is 17.2 Å². The molecule has 584 valence electrons. The van der Waals surface area contributed by atoms with E-state index in [1.54, 1.807) is 24.3 Å². The molecule has 18 nitrogen and oxygen atoms in total. The van der Waals surface area contributed by atoms with E-state index in [-0.39, 0.29) is 24.1 Å². The van der Waals surface area contributed by atoms with E-state index in [9.17, 15) is 14.4 Å². The third-order valence-corrected chi connectivity index (χ3v) is 24.5. The fraction of sp³-hybridized carbons (Fsp3) is 0.461. The third-order valence-electron chi connectivity index (χ3n) is 23.0. The van der Waals surface area contributed by atoms with Gasteiger partial charge in [-0.05, 0) is 253 Å². The van der Waals surface area contributed by atoms with Gasteiger partial charge >= 0.3 is 17.9 Å². The average molecular weight is 1630 g/mol. The van der Waals surface area contributed by atoms with E-state index in [1.165, 1.54) is 19.3 Å². The van der Waals surface area contributed by atoms with Crippen LogP contribution >= 0.6 is 50.7 Å². The zero-order valence-electron chi connectivity index (χ0n) is 64.5. The van der Waals surface area contributed by atoms with E-state index in [1.807, 2.05) is 139 Å². The molecular formula is C89H98BrCl3N6O12. The second-order valence-corrected chi connectivity index (χ2v) is 35.7. The summed E-state index contributed by atoms with van der Waals surface area (Å²) in [5.74, 6) is 4.43. The number of carbonyl (C=O) groups is 3. The Morgan fingerprint density at radius 1 is 0.477 bits per heavy atom. The highest BCUT2D eigenvalue weighted by Gasteiger charge is 2.48. The van der Waals surface area contributed by atoms with Crippen molar-refractivity contribution in [3.63, 3.8) is 0 Å². The number of esters is 2. The second-order valence-electron chi connectivity index (χ2n) is 33.6. The van der Waals surface area contributed by atoms with Gasteiger partial charge in [0.2, 0.25) is 0 Å². The SMILES string of the molecule is CC(C)(C)OC(=O)c1ccc(Br)cc1.Cc1cccc(Cl)c1-c1noc(C2CC2)c1CO[C@@H]1C[C@@H]2C[C@H]1CN2.Cc1cccc(Cl)c1-c1noc(C2CC2)c1CO[C@@H]1C[C@@H]2C[C@H]1CN2c1ccc(C(=O)O)cc1.Cc1cccc(Cl)c1-c1noc(C2CC2)c1CO[C@@H]1C[C@@H]2C[C@H]1CN2c1ccc(C(=O)OC(C)(C)C)cc1. The summed E-state index contributed by atoms with van der Waals surface area (Å²) >= 11 is 22.9. The first kappa shape index (κ1) is 78.4. The number of fused-ring (bicyclic) bond motifs is 6. The van der Waals surface area contributed by atoms with Crippen molar-refractivity contribution in [2.75, 3.05) is 29.4 Å². The highest BCUT2D eigenvalue weighted by atomic mass is 79.9. The van der Waals surface area contributed by atoms with Gasteiger partial charge in [-0.2, -0.15) is 0 Å². The molecule has 6 aliphatic carbocycles. The number of hydrogen-bond acceptors (Lipinski definition) is 17. The Balaban J connectivity index is 0.000000123. The van der Waals surface area contributed by atoms with Gasteiger partial charge in [0.15, 0.2) is 0 Å². The zero-order valence-corrected chi connectivity index (χ0v) is 68.3. The van der Waals surface area contributed by atoms with E-state index in [2.05, 4.69) is 72.5 Å². The monoisotopic (exact) mass is 1630 g/mol. The van der Waals surface area contributed by atoms with E-state index in [0.29, 0.717) is 106 Å². The molecule has 0 amide bonds.